The zero-order valence-corrected chi connectivity index (χ0v) is 13.1. The van der Waals surface area contributed by atoms with Crippen LogP contribution in [-0.4, -0.2) is 47.9 Å². The third kappa shape index (κ3) is 3.68. The van der Waals surface area contributed by atoms with Gasteiger partial charge in [-0.2, -0.15) is 4.98 Å². The van der Waals surface area contributed by atoms with Crippen LogP contribution in [-0.2, 0) is 4.74 Å². The van der Waals surface area contributed by atoms with Crippen molar-refractivity contribution in [3.8, 4) is 11.5 Å². The topological polar surface area (TPSA) is 77.4 Å². The van der Waals surface area contributed by atoms with E-state index in [0.717, 1.165) is 36.3 Å². The van der Waals surface area contributed by atoms with Gasteiger partial charge < -0.3 is 15.0 Å². The first-order chi connectivity index (χ1) is 10.2. The summed E-state index contributed by atoms with van der Waals surface area (Å²) in [5.74, 6) is 1.04. The van der Waals surface area contributed by atoms with Gasteiger partial charge in [0.15, 0.2) is 5.82 Å². The Labute approximate surface area is 131 Å². The highest BCUT2D eigenvalue weighted by Gasteiger charge is 2.19. The van der Waals surface area contributed by atoms with Crippen LogP contribution in [0, 0.1) is 0 Å². The zero-order valence-electron chi connectivity index (χ0n) is 11.5. The Balaban J connectivity index is 1.67. The van der Waals surface area contributed by atoms with Crippen LogP contribution in [0.4, 0.5) is 0 Å². The number of nitrogens with zero attached hydrogens (tertiary/aromatic N) is 3. The SMILES string of the molecule is NC(CN1CCOCC1)c1noc(-c2ccc(Br)cc2)n1. The van der Waals surface area contributed by atoms with Crippen molar-refractivity contribution in [1.82, 2.24) is 15.0 Å². The third-order valence-electron chi connectivity index (χ3n) is 3.42. The van der Waals surface area contributed by atoms with E-state index in [0.29, 0.717) is 18.3 Å². The van der Waals surface area contributed by atoms with Crippen molar-refractivity contribution in [2.45, 2.75) is 6.04 Å². The maximum absolute atomic E-state index is 6.17. The van der Waals surface area contributed by atoms with Crippen LogP contribution in [0.2, 0.25) is 0 Å². The summed E-state index contributed by atoms with van der Waals surface area (Å²) in [6, 6.07) is 7.47. The molecule has 21 heavy (non-hydrogen) atoms. The van der Waals surface area contributed by atoms with E-state index in [-0.39, 0.29) is 6.04 Å². The Morgan fingerprint density at radius 2 is 1.95 bits per heavy atom. The van der Waals surface area contributed by atoms with Crippen molar-refractivity contribution in [2.24, 2.45) is 5.73 Å². The fraction of sp³-hybridized carbons (Fsp3) is 0.429. The van der Waals surface area contributed by atoms with E-state index in [4.69, 9.17) is 15.0 Å². The molecular weight excluding hydrogens is 336 g/mol. The number of hydrogen-bond donors (Lipinski definition) is 1. The first-order valence-corrected chi connectivity index (χ1v) is 7.67. The smallest absolute Gasteiger partial charge is 0.257 e. The number of rotatable bonds is 4. The number of benzene rings is 1. The highest BCUT2D eigenvalue weighted by atomic mass is 79.9. The summed E-state index contributed by atoms with van der Waals surface area (Å²) in [6.45, 7) is 4.01. The first-order valence-electron chi connectivity index (χ1n) is 6.87. The Kier molecular flexibility index (Phi) is 4.64. The Morgan fingerprint density at radius 1 is 1.24 bits per heavy atom. The Bertz CT molecular complexity index is 581. The van der Waals surface area contributed by atoms with Gasteiger partial charge in [-0.15, -0.1) is 0 Å². The fourth-order valence-corrected chi connectivity index (χ4v) is 2.50. The lowest BCUT2D eigenvalue weighted by molar-refractivity contribution is 0.0348. The summed E-state index contributed by atoms with van der Waals surface area (Å²) >= 11 is 3.40. The van der Waals surface area contributed by atoms with Gasteiger partial charge in [0, 0.05) is 29.7 Å². The molecule has 0 amide bonds. The van der Waals surface area contributed by atoms with Crippen LogP contribution in [0.3, 0.4) is 0 Å². The minimum absolute atomic E-state index is 0.254. The van der Waals surface area contributed by atoms with Crippen LogP contribution in [0.5, 0.6) is 0 Å². The number of ether oxygens (including phenoxy) is 1. The summed E-state index contributed by atoms with van der Waals surface area (Å²) in [5, 5.41) is 4.00. The normalized spacial score (nSPS) is 17.8. The quantitative estimate of drug-likeness (QED) is 0.904. The van der Waals surface area contributed by atoms with E-state index in [1.165, 1.54) is 0 Å². The van der Waals surface area contributed by atoms with Gasteiger partial charge >= 0.3 is 0 Å². The van der Waals surface area contributed by atoms with Crippen LogP contribution < -0.4 is 5.73 Å². The van der Waals surface area contributed by atoms with Crippen molar-refractivity contribution in [3.63, 3.8) is 0 Å². The van der Waals surface area contributed by atoms with Crippen molar-refractivity contribution < 1.29 is 9.26 Å². The molecular formula is C14H17BrN4O2. The number of hydrogen-bond acceptors (Lipinski definition) is 6. The number of aromatic nitrogens is 2. The molecule has 1 aliphatic rings. The highest BCUT2D eigenvalue weighted by Crippen LogP contribution is 2.21. The monoisotopic (exact) mass is 352 g/mol. The molecule has 112 valence electrons. The maximum Gasteiger partial charge on any atom is 0.257 e. The second-order valence-corrected chi connectivity index (χ2v) is 5.90. The number of morpholine rings is 1. The van der Waals surface area contributed by atoms with Crippen molar-refractivity contribution in [1.29, 1.82) is 0 Å². The third-order valence-corrected chi connectivity index (χ3v) is 3.95. The van der Waals surface area contributed by atoms with Crippen LogP contribution in [0.15, 0.2) is 33.3 Å². The molecule has 1 aromatic heterocycles. The first kappa shape index (κ1) is 14.6. The molecule has 1 atom stereocenters. The second-order valence-electron chi connectivity index (χ2n) is 4.98. The zero-order chi connectivity index (χ0) is 14.7. The van der Waals surface area contributed by atoms with Gasteiger partial charge in [0.1, 0.15) is 0 Å². The van der Waals surface area contributed by atoms with E-state index in [9.17, 15) is 0 Å². The minimum atomic E-state index is -0.254. The lowest BCUT2D eigenvalue weighted by Gasteiger charge is -2.27. The van der Waals surface area contributed by atoms with Gasteiger partial charge in [0.25, 0.3) is 5.89 Å². The van der Waals surface area contributed by atoms with E-state index in [2.05, 4.69) is 31.0 Å². The number of halogens is 1. The predicted molar refractivity (Wildman–Crippen MR) is 81.6 cm³/mol. The molecule has 0 saturated carbocycles. The van der Waals surface area contributed by atoms with E-state index >= 15 is 0 Å². The molecule has 0 bridgehead atoms. The molecule has 0 radical (unpaired) electrons. The van der Waals surface area contributed by atoms with E-state index in [1.54, 1.807) is 0 Å². The van der Waals surface area contributed by atoms with Crippen molar-refractivity contribution in [3.05, 3.63) is 34.6 Å². The molecule has 2 heterocycles. The summed E-state index contributed by atoms with van der Waals surface area (Å²) in [7, 11) is 0. The molecule has 1 saturated heterocycles. The van der Waals surface area contributed by atoms with Crippen molar-refractivity contribution >= 4 is 15.9 Å². The fourth-order valence-electron chi connectivity index (χ4n) is 2.24. The molecule has 1 aromatic carbocycles. The summed E-state index contributed by atoms with van der Waals surface area (Å²) in [6.07, 6.45) is 0. The summed E-state index contributed by atoms with van der Waals surface area (Å²) in [4.78, 5) is 6.65. The highest BCUT2D eigenvalue weighted by molar-refractivity contribution is 9.10. The Hall–Kier alpha value is -1.28. The van der Waals surface area contributed by atoms with Crippen LogP contribution >= 0.6 is 15.9 Å². The molecule has 1 aliphatic heterocycles. The lowest BCUT2D eigenvalue weighted by Crippen LogP contribution is -2.40. The van der Waals surface area contributed by atoms with Gasteiger partial charge in [-0.1, -0.05) is 21.1 Å². The molecule has 7 heteroatoms. The molecule has 1 fully saturated rings. The molecule has 1 unspecified atom stereocenters. The lowest BCUT2D eigenvalue weighted by atomic mass is 10.2. The average Bonchev–Trinajstić information content (AvgIpc) is 2.99. The molecule has 6 nitrogen and oxygen atoms in total. The standard InChI is InChI=1S/C14H17BrN4O2/c15-11-3-1-10(2-4-11)14-17-13(18-21-14)12(16)9-19-5-7-20-8-6-19/h1-4,12H,5-9,16H2. The molecule has 2 N–H and O–H groups in total. The largest absolute Gasteiger partial charge is 0.379 e. The maximum atomic E-state index is 6.17. The van der Waals surface area contributed by atoms with Crippen LogP contribution in [0.1, 0.15) is 11.9 Å². The molecule has 2 aromatic rings. The van der Waals surface area contributed by atoms with E-state index in [1.807, 2.05) is 24.3 Å². The predicted octanol–water partition coefficient (Wildman–Crippen LogP) is 1.83. The molecule has 0 aliphatic carbocycles. The van der Waals surface area contributed by atoms with Gasteiger partial charge in [-0.3, -0.25) is 4.90 Å². The van der Waals surface area contributed by atoms with E-state index < -0.39 is 0 Å². The van der Waals surface area contributed by atoms with Crippen LogP contribution in [0.25, 0.3) is 11.5 Å². The van der Waals surface area contributed by atoms with Gasteiger partial charge in [0.2, 0.25) is 0 Å². The van der Waals surface area contributed by atoms with Crippen molar-refractivity contribution in [2.75, 3.05) is 32.8 Å². The van der Waals surface area contributed by atoms with Gasteiger partial charge in [-0.05, 0) is 24.3 Å². The van der Waals surface area contributed by atoms with Gasteiger partial charge in [0.05, 0.1) is 19.3 Å². The van der Waals surface area contributed by atoms with Gasteiger partial charge in [-0.25, -0.2) is 0 Å². The second kappa shape index (κ2) is 6.65. The number of nitrogens with two attached hydrogens (primary N) is 1. The minimum Gasteiger partial charge on any atom is -0.379 e. The summed E-state index contributed by atoms with van der Waals surface area (Å²) < 4.78 is 11.6. The molecule has 0 spiro atoms. The molecule has 3 rings (SSSR count). The average molecular weight is 353 g/mol. The Morgan fingerprint density at radius 3 is 2.67 bits per heavy atom. The summed E-state index contributed by atoms with van der Waals surface area (Å²) in [5.41, 5.74) is 7.05.